The Bertz CT molecular complexity index is 1550. The van der Waals surface area contributed by atoms with E-state index in [1.807, 2.05) is 0 Å². The number of nitrogens with one attached hydrogen (secondary N) is 3. The molecule has 0 saturated carbocycles. The molecule has 2 aromatic heterocycles. The van der Waals surface area contributed by atoms with Crippen LogP contribution in [-0.2, 0) is 16.6 Å². The maximum absolute atomic E-state index is 15.6. The van der Waals surface area contributed by atoms with Crippen LogP contribution >= 0.6 is 11.6 Å². The van der Waals surface area contributed by atoms with Crippen LogP contribution in [0.5, 0.6) is 0 Å². The topological polar surface area (TPSA) is 129 Å². The molecule has 9 nitrogen and oxygen atoms in total. The minimum atomic E-state index is -4.51. The molecule has 0 amide bonds. The molecule has 13 heteroatoms. The Morgan fingerprint density at radius 3 is 2.51 bits per heavy atom. The lowest BCUT2D eigenvalue weighted by Crippen LogP contribution is -2.16. The van der Waals surface area contributed by atoms with Crippen LogP contribution in [0.3, 0.4) is 0 Å². The SMILES string of the molecule is CNc1ncc2cc(-c3cccc(NS(=O)(=O)c4cc(F)cc(CO)c4Cl)c3F)c(NC)nc2n1. The van der Waals surface area contributed by atoms with Gasteiger partial charge in [-0.05, 0) is 24.3 Å². The van der Waals surface area contributed by atoms with Crippen molar-refractivity contribution in [2.45, 2.75) is 11.5 Å². The number of rotatable bonds is 7. The second-order valence-corrected chi connectivity index (χ2v) is 9.33. The van der Waals surface area contributed by atoms with Gasteiger partial charge < -0.3 is 15.7 Å². The molecule has 0 radical (unpaired) electrons. The Balaban J connectivity index is 1.80. The summed E-state index contributed by atoms with van der Waals surface area (Å²) < 4.78 is 57.5. The van der Waals surface area contributed by atoms with Crippen LogP contribution in [-0.4, -0.2) is 42.6 Å². The highest BCUT2D eigenvalue weighted by Crippen LogP contribution is 2.35. The van der Waals surface area contributed by atoms with Crippen molar-refractivity contribution in [2.75, 3.05) is 29.5 Å². The van der Waals surface area contributed by atoms with Gasteiger partial charge >= 0.3 is 0 Å². The number of benzene rings is 2. The van der Waals surface area contributed by atoms with E-state index in [1.165, 1.54) is 24.4 Å². The zero-order valence-electron chi connectivity index (χ0n) is 18.4. The molecule has 0 bridgehead atoms. The lowest BCUT2D eigenvalue weighted by atomic mass is 10.0. The van der Waals surface area contributed by atoms with Gasteiger partial charge in [0.25, 0.3) is 10.0 Å². The van der Waals surface area contributed by atoms with Crippen LogP contribution in [0.25, 0.3) is 22.2 Å². The highest BCUT2D eigenvalue weighted by molar-refractivity contribution is 7.92. The summed E-state index contributed by atoms with van der Waals surface area (Å²) in [6.07, 6.45) is 1.53. The zero-order valence-corrected chi connectivity index (χ0v) is 20.0. The number of fused-ring (bicyclic) bond motifs is 1. The Morgan fingerprint density at radius 2 is 1.83 bits per heavy atom. The van der Waals surface area contributed by atoms with Crippen LogP contribution in [0.1, 0.15) is 5.56 Å². The normalized spacial score (nSPS) is 11.5. The van der Waals surface area contributed by atoms with Gasteiger partial charge in [0.15, 0.2) is 11.5 Å². The minimum Gasteiger partial charge on any atom is -0.392 e. The molecule has 0 aliphatic heterocycles. The van der Waals surface area contributed by atoms with Crippen LogP contribution < -0.4 is 15.4 Å². The van der Waals surface area contributed by atoms with Crippen molar-refractivity contribution in [3.8, 4) is 11.1 Å². The third-order valence-electron chi connectivity index (χ3n) is 5.10. The van der Waals surface area contributed by atoms with Gasteiger partial charge in [0.2, 0.25) is 5.95 Å². The third kappa shape index (κ3) is 4.67. The van der Waals surface area contributed by atoms with E-state index < -0.39 is 38.8 Å². The highest BCUT2D eigenvalue weighted by atomic mass is 35.5. The predicted molar refractivity (Wildman–Crippen MR) is 130 cm³/mol. The molecule has 0 aliphatic rings. The summed E-state index contributed by atoms with van der Waals surface area (Å²) in [4.78, 5) is 12.2. The summed E-state index contributed by atoms with van der Waals surface area (Å²) in [6.45, 7) is -0.676. The van der Waals surface area contributed by atoms with E-state index >= 15 is 4.39 Å². The second-order valence-electron chi connectivity index (χ2n) is 7.30. The van der Waals surface area contributed by atoms with Crippen molar-refractivity contribution in [3.63, 3.8) is 0 Å². The Labute approximate surface area is 204 Å². The van der Waals surface area contributed by atoms with Gasteiger partial charge in [0.1, 0.15) is 16.5 Å². The number of pyridine rings is 1. The van der Waals surface area contributed by atoms with Gasteiger partial charge in [-0.3, -0.25) is 4.72 Å². The van der Waals surface area contributed by atoms with Crippen molar-refractivity contribution < 1.29 is 22.3 Å². The van der Waals surface area contributed by atoms with E-state index in [-0.39, 0.29) is 16.1 Å². The van der Waals surface area contributed by atoms with Crippen molar-refractivity contribution in [3.05, 3.63) is 64.8 Å². The first kappa shape index (κ1) is 24.5. The second kappa shape index (κ2) is 9.56. The molecule has 182 valence electrons. The van der Waals surface area contributed by atoms with Crippen LogP contribution in [0.4, 0.5) is 26.2 Å². The lowest BCUT2D eigenvalue weighted by Gasteiger charge is -2.15. The Kier molecular flexibility index (Phi) is 6.70. The number of sulfonamides is 1. The number of aliphatic hydroxyl groups excluding tert-OH is 1. The van der Waals surface area contributed by atoms with E-state index in [9.17, 15) is 17.9 Å². The molecule has 0 saturated heterocycles. The fourth-order valence-corrected chi connectivity index (χ4v) is 5.09. The molecular formula is C22H19ClF2N6O3S. The molecule has 0 spiro atoms. The molecule has 2 heterocycles. The number of halogens is 3. The predicted octanol–water partition coefficient (Wildman–Crippen LogP) is 4.00. The van der Waals surface area contributed by atoms with Gasteiger partial charge in [-0.2, -0.15) is 4.98 Å². The minimum absolute atomic E-state index is 0.0445. The average molecular weight is 521 g/mol. The number of hydrogen-bond acceptors (Lipinski definition) is 8. The highest BCUT2D eigenvalue weighted by Gasteiger charge is 2.24. The van der Waals surface area contributed by atoms with E-state index in [0.29, 0.717) is 34.4 Å². The van der Waals surface area contributed by atoms with Crippen LogP contribution in [0.15, 0.2) is 47.5 Å². The largest absolute Gasteiger partial charge is 0.392 e. The molecule has 0 fully saturated rings. The monoisotopic (exact) mass is 520 g/mol. The number of aromatic nitrogens is 3. The van der Waals surface area contributed by atoms with Gasteiger partial charge in [-0.25, -0.2) is 27.2 Å². The maximum Gasteiger partial charge on any atom is 0.263 e. The first-order valence-electron chi connectivity index (χ1n) is 10.1. The van der Waals surface area contributed by atoms with Gasteiger partial charge in [-0.1, -0.05) is 23.7 Å². The molecule has 2 aromatic carbocycles. The summed E-state index contributed by atoms with van der Waals surface area (Å²) in [7, 11) is -1.24. The third-order valence-corrected chi connectivity index (χ3v) is 7.05. The molecule has 4 rings (SSSR count). The summed E-state index contributed by atoms with van der Waals surface area (Å²) in [5, 5.41) is 15.2. The lowest BCUT2D eigenvalue weighted by molar-refractivity contribution is 0.281. The molecule has 0 unspecified atom stereocenters. The van der Waals surface area contributed by atoms with Crippen LogP contribution in [0.2, 0.25) is 5.02 Å². The van der Waals surface area contributed by atoms with Crippen molar-refractivity contribution in [2.24, 2.45) is 0 Å². The molecule has 0 aliphatic carbocycles. The van der Waals surface area contributed by atoms with Crippen molar-refractivity contribution >= 4 is 50.1 Å². The number of aliphatic hydroxyl groups is 1. The average Bonchev–Trinajstić information content (AvgIpc) is 2.85. The number of hydrogen-bond donors (Lipinski definition) is 4. The quantitative estimate of drug-likeness (QED) is 0.288. The van der Waals surface area contributed by atoms with Crippen molar-refractivity contribution in [1.82, 2.24) is 15.0 Å². The first-order valence-corrected chi connectivity index (χ1v) is 12.0. The molecule has 4 aromatic rings. The van der Waals surface area contributed by atoms with Crippen LogP contribution in [0, 0.1) is 11.6 Å². The van der Waals surface area contributed by atoms with Gasteiger partial charge in [0.05, 0.1) is 17.3 Å². The molecule has 4 N–H and O–H groups in total. The van der Waals surface area contributed by atoms with Gasteiger partial charge in [0, 0.05) is 42.4 Å². The summed E-state index contributed by atoms with van der Waals surface area (Å²) in [6, 6.07) is 7.36. The van der Waals surface area contributed by atoms with E-state index in [4.69, 9.17) is 11.6 Å². The summed E-state index contributed by atoms with van der Waals surface area (Å²) in [5.41, 5.74) is 0.243. The Morgan fingerprint density at radius 1 is 1.06 bits per heavy atom. The van der Waals surface area contributed by atoms with E-state index in [2.05, 4.69) is 30.3 Å². The molecular weight excluding hydrogens is 502 g/mol. The van der Waals surface area contributed by atoms with Gasteiger partial charge in [-0.15, -0.1) is 0 Å². The first-order chi connectivity index (χ1) is 16.7. The molecule has 0 atom stereocenters. The number of anilines is 3. The summed E-state index contributed by atoms with van der Waals surface area (Å²) in [5.74, 6) is -1.14. The molecule has 35 heavy (non-hydrogen) atoms. The van der Waals surface area contributed by atoms with E-state index in [1.54, 1.807) is 20.2 Å². The maximum atomic E-state index is 15.6. The fourth-order valence-electron chi connectivity index (χ4n) is 3.43. The summed E-state index contributed by atoms with van der Waals surface area (Å²) >= 11 is 6.04. The zero-order chi connectivity index (χ0) is 25.3. The van der Waals surface area contributed by atoms with E-state index in [0.717, 1.165) is 6.07 Å². The number of nitrogens with zero attached hydrogens (tertiary/aromatic N) is 3. The Hall–Kier alpha value is -3.61. The standard InChI is InChI=1S/C22H19ClF2N6O3S/c1-26-21-15(7-11-9-28-22(27-2)30-20(11)29-21)14-4-3-5-16(19(14)25)31-35(33,34)17-8-13(24)6-12(10-32)18(17)23/h3-9,31-32H,10H2,1-2H3,(H2,26,27,28,29,30). The van der Waals surface area contributed by atoms with Crippen molar-refractivity contribution in [1.29, 1.82) is 0 Å². The smallest absolute Gasteiger partial charge is 0.263 e. The fraction of sp³-hybridized carbons (Fsp3) is 0.136.